The molecule has 0 aliphatic heterocycles. The van der Waals surface area contributed by atoms with Crippen molar-refractivity contribution >= 4 is 28.8 Å². The Labute approximate surface area is 139 Å². The van der Waals surface area contributed by atoms with Crippen LogP contribution in [-0.4, -0.2) is 14.2 Å². The summed E-state index contributed by atoms with van der Waals surface area (Å²) in [4.78, 5) is 0. The summed E-state index contributed by atoms with van der Waals surface area (Å²) >= 11 is 12.1. The molecule has 0 aliphatic rings. The number of rotatable bonds is 4. The SMILES string of the molecule is COc1ccc(/C(=C/C#N)c2cc(Cl)cc(Cl)c2)cc1OC. The summed E-state index contributed by atoms with van der Waals surface area (Å²) in [6.07, 6.45) is 1.45. The smallest absolute Gasteiger partial charge is 0.161 e. The molecule has 3 nitrogen and oxygen atoms in total. The second-order valence-corrected chi connectivity index (χ2v) is 5.29. The van der Waals surface area contributed by atoms with Crippen molar-refractivity contribution < 1.29 is 9.47 Å². The zero-order valence-electron chi connectivity index (χ0n) is 12.1. The van der Waals surface area contributed by atoms with Crippen molar-refractivity contribution in [3.63, 3.8) is 0 Å². The molecular formula is C17H13Cl2NO2. The number of halogens is 2. The molecule has 5 heteroatoms. The molecule has 0 bridgehead atoms. The first-order valence-corrected chi connectivity index (χ1v) is 7.13. The van der Waals surface area contributed by atoms with Crippen molar-refractivity contribution in [3.05, 3.63) is 63.6 Å². The third-order valence-corrected chi connectivity index (χ3v) is 3.51. The lowest BCUT2D eigenvalue weighted by atomic mass is 9.97. The van der Waals surface area contributed by atoms with Crippen molar-refractivity contribution in [2.24, 2.45) is 0 Å². The van der Waals surface area contributed by atoms with Gasteiger partial charge in [-0.15, -0.1) is 0 Å². The summed E-state index contributed by atoms with van der Waals surface area (Å²) < 4.78 is 10.5. The van der Waals surface area contributed by atoms with E-state index in [1.165, 1.54) is 6.08 Å². The number of nitrogens with zero attached hydrogens (tertiary/aromatic N) is 1. The van der Waals surface area contributed by atoms with Gasteiger partial charge in [-0.2, -0.15) is 5.26 Å². The molecule has 2 aromatic rings. The highest BCUT2D eigenvalue weighted by Gasteiger charge is 2.11. The highest BCUT2D eigenvalue weighted by atomic mass is 35.5. The van der Waals surface area contributed by atoms with Crippen molar-refractivity contribution in [1.82, 2.24) is 0 Å². The summed E-state index contributed by atoms with van der Waals surface area (Å²) in [6.45, 7) is 0. The molecule has 0 heterocycles. The molecule has 0 amide bonds. The third-order valence-electron chi connectivity index (χ3n) is 3.08. The van der Waals surface area contributed by atoms with Gasteiger partial charge in [0.15, 0.2) is 11.5 Å². The van der Waals surface area contributed by atoms with Crippen LogP contribution in [0.5, 0.6) is 11.5 Å². The van der Waals surface area contributed by atoms with Crippen molar-refractivity contribution in [2.75, 3.05) is 14.2 Å². The molecular weight excluding hydrogens is 321 g/mol. The van der Waals surface area contributed by atoms with E-state index in [4.69, 9.17) is 37.9 Å². The van der Waals surface area contributed by atoms with Crippen LogP contribution < -0.4 is 9.47 Å². The molecule has 0 aromatic heterocycles. The Kier molecular flexibility index (Phi) is 5.32. The number of hydrogen-bond donors (Lipinski definition) is 0. The van der Waals surface area contributed by atoms with Gasteiger partial charge in [-0.25, -0.2) is 0 Å². The largest absolute Gasteiger partial charge is 0.493 e. The van der Waals surface area contributed by atoms with Crippen LogP contribution in [0.4, 0.5) is 0 Å². The minimum absolute atomic E-state index is 0.506. The van der Waals surface area contributed by atoms with Crippen LogP contribution in [0.25, 0.3) is 5.57 Å². The maximum absolute atomic E-state index is 9.08. The monoisotopic (exact) mass is 333 g/mol. The van der Waals surface area contributed by atoms with Gasteiger partial charge in [0.1, 0.15) is 0 Å². The minimum Gasteiger partial charge on any atom is -0.493 e. The summed E-state index contributed by atoms with van der Waals surface area (Å²) in [7, 11) is 3.13. The minimum atomic E-state index is 0.506. The van der Waals surface area contributed by atoms with Gasteiger partial charge in [0, 0.05) is 16.1 Å². The quantitative estimate of drug-likeness (QED) is 0.742. The van der Waals surface area contributed by atoms with Gasteiger partial charge in [-0.3, -0.25) is 0 Å². The van der Waals surface area contributed by atoms with Gasteiger partial charge in [-0.05, 0) is 47.0 Å². The predicted molar refractivity (Wildman–Crippen MR) is 88.7 cm³/mol. The van der Waals surface area contributed by atoms with E-state index in [2.05, 4.69) is 0 Å². The molecule has 0 saturated heterocycles. The fraction of sp³-hybridized carbons (Fsp3) is 0.118. The summed E-state index contributed by atoms with van der Waals surface area (Å²) in [5.41, 5.74) is 2.26. The molecule has 0 spiro atoms. The molecule has 0 saturated carbocycles. The van der Waals surface area contributed by atoms with E-state index in [0.717, 1.165) is 11.1 Å². The van der Waals surface area contributed by atoms with E-state index in [0.29, 0.717) is 27.1 Å². The molecule has 0 unspecified atom stereocenters. The number of allylic oxidation sites excluding steroid dienone is 1. The number of benzene rings is 2. The van der Waals surface area contributed by atoms with Gasteiger partial charge >= 0.3 is 0 Å². The van der Waals surface area contributed by atoms with E-state index < -0.39 is 0 Å². The normalized spacial score (nSPS) is 11.0. The first kappa shape index (κ1) is 16.2. The maximum atomic E-state index is 9.08. The van der Waals surface area contributed by atoms with E-state index >= 15 is 0 Å². The first-order valence-electron chi connectivity index (χ1n) is 6.37. The number of ether oxygens (including phenoxy) is 2. The zero-order chi connectivity index (χ0) is 16.1. The summed E-state index contributed by atoms with van der Waals surface area (Å²) in [6, 6.07) is 12.6. The molecule has 22 heavy (non-hydrogen) atoms. The molecule has 2 aromatic carbocycles. The lowest BCUT2D eigenvalue weighted by molar-refractivity contribution is 0.355. The van der Waals surface area contributed by atoms with Gasteiger partial charge in [0.25, 0.3) is 0 Å². The van der Waals surface area contributed by atoms with Crippen molar-refractivity contribution in [3.8, 4) is 17.6 Å². The topological polar surface area (TPSA) is 42.2 Å². The fourth-order valence-electron chi connectivity index (χ4n) is 2.11. The Bertz CT molecular complexity index is 743. The number of nitriles is 1. The second-order valence-electron chi connectivity index (χ2n) is 4.41. The Hall–Kier alpha value is -2.15. The molecule has 112 valence electrons. The zero-order valence-corrected chi connectivity index (χ0v) is 13.6. The van der Waals surface area contributed by atoms with Crippen LogP contribution in [-0.2, 0) is 0 Å². The maximum Gasteiger partial charge on any atom is 0.161 e. The summed E-state index contributed by atoms with van der Waals surface area (Å²) in [5.74, 6) is 1.20. The number of hydrogen-bond acceptors (Lipinski definition) is 3. The first-order chi connectivity index (χ1) is 10.6. The van der Waals surface area contributed by atoms with Crippen LogP contribution in [0, 0.1) is 11.3 Å². The standard InChI is InChI=1S/C17H13Cl2NO2/c1-21-16-4-3-11(9-17(16)22-2)15(5-6-20)12-7-13(18)10-14(19)8-12/h3-5,7-10H,1-2H3/b15-5-. The molecule has 0 aliphatic carbocycles. The molecule has 0 fully saturated rings. The summed E-state index contributed by atoms with van der Waals surface area (Å²) in [5, 5.41) is 10.1. The van der Waals surface area contributed by atoms with Gasteiger partial charge in [0.2, 0.25) is 0 Å². The third kappa shape index (κ3) is 3.54. The lowest BCUT2D eigenvalue weighted by Gasteiger charge is -2.12. The Balaban J connectivity index is 2.58. The van der Waals surface area contributed by atoms with Gasteiger partial charge in [-0.1, -0.05) is 29.3 Å². The highest BCUT2D eigenvalue weighted by Crippen LogP contribution is 2.34. The fourth-order valence-corrected chi connectivity index (χ4v) is 2.64. The van der Waals surface area contributed by atoms with Gasteiger partial charge < -0.3 is 9.47 Å². The Morgan fingerprint density at radius 1 is 0.955 bits per heavy atom. The Morgan fingerprint density at radius 2 is 1.59 bits per heavy atom. The average Bonchev–Trinajstić information content (AvgIpc) is 2.51. The van der Waals surface area contributed by atoms with E-state index in [1.54, 1.807) is 44.6 Å². The second kappa shape index (κ2) is 7.22. The number of methoxy groups -OCH3 is 2. The Morgan fingerprint density at radius 3 is 2.14 bits per heavy atom. The highest BCUT2D eigenvalue weighted by molar-refractivity contribution is 6.34. The van der Waals surface area contributed by atoms with Crippen LogP contribution >= 0.6 is 23.2 Å². The molecule has 0 radical (unpaired) electrons. The van der Waals surface area contributed by atoms with Crippen LogP contribution in [0.15, 0.2) is 42.5 Å². The molecule has 0 N–H and O–H groups in total. The van der Waals surface area contributed by atoms with Crippen LogP contribution in [0.1, 0.15) is 11.1 Å². The average molecular weight is 334 g/mol. The van der Waals surface area contributed by atoms with Crippen molar-refractivity contribution in [1.29, 1.82) is 5.26 Å². The lowest BCUT2D eigenvalue weighted by Crippen LogP contribution is -1.94. The van der Waals surface area contributed by atoms with E-state index in [-0.39, 0.29) is 0 Å². The molecule has 2 rings (SSSR count). The van der Waals surface area contributed by atoms with Crippen LogP contribution in [0.3, 0.4) is 0 Å². The van der Waals surface area contributed by atoms with Crippen molar-refractivity contribution in [2.45, 2.75) is 0 Å². The van der Waals surface area contributed by atoms with Gasteiger partial charge in [0.05, 0.1) is 20.3 Å². The predicted octanol–water partition coefficient (Wildman–Crippen LogP) is 4.97. The van der Waals surface area contributed by atoms with E-state index in [1.807, 2.05) is 12.1 Å². The molecule has 0 atom stereocenters. The van der Waals surface area contributed by atoms with E-state index in [9.17, 15) is 0 Å². The van der Waals surface area contributed by atoms with Crippen LogP contribution in [0.2, 0.25) is 10.0 Å².